The summed E-state index contributed by atoms with van der Waals surface area (Å²) in [5.74, 6) is 0. The highest BCUT2D eigenvalue weighted by Crippen LogP contribution is 2.27. The van der Waals surface area contributed by atoms with Gasteiger partial charge in [0, 0.05) is 29.6 Å². The Morgan fingerprint density at radius 3 is 3.00 bits per heavy atom. The fourth-order valence-electron chi connectivity index (χ4n) is 1.79. The van der Waals surface area contributed by atoms with Gasteiger partial charge in [0.15, 0.2) is 0 Å². The zero-order valence-corrected chi connectivity index (χ0v) is 11.2. The van der Waals surface area contributed by atoms with Gasteiger partial charge in [0.25, 0.3) is 0 Å². The molecule has 0 aromatic heterocycles. The zero-order chi connectivity index (χ0) is 11.5. The minimum Gasteiger partial charge on any atom is -0.303 e. The van der Waals surface area contributed by atoms with E-state index in [1.54, 1.807) is 0 Å². The van der Waals surface area contributed by atoms with Crippen LogP contribution in [0.4, 0.5) is 0 Å². The predicted molar refractivity (Wildman–Crippen MR) is 71.3 cm³/mol. The van der Waals surface area contributed by atoms with Crippen LogP contribution in [0.15, 0.2) is 23.1 Å². The molecule has 1 unspecified atom stereocenters. The first kappa shape index (κ1) is 12.2. The molecule has 0 aliphatic carbocycles. The highest BCUT2D eigenvalue weighted by atomic mass is 35.5. The van der Waals surface area contributed by atoms with Crippen LogP contribution in [-0.2, 0) is 0 Å². The molecule has 0 amide bonds. The molecule has 1 aliphatic heterocycles. The summed E-state index contributed by atoms with van der Waals surface area (Å²) in [6, 6.07) is 6.23. The normalized spacial score (nSPS) is 22.3. The molecule has 1 heterocycles. The first-order chi connectivity index (χ1) is 7.65. The molecule has 1 saturated heterocycles. The smallest absolute Gasteiger partial charge is 0.0708 e. The molecule has 16 heavy (non-hydrogen) atoms. The number of hydrogen-bond acceptors (Lipinski definition) is 3. The Bertz CT molecular complexity index is 370. The third-order valence-corrected chi connectivity index (χ3v) is 4.30. The Hall–Kier alpha value is -0.220. The Labute approximate surface area is 106 Å². The quantitative estimate of drug-likeness (QED) is 0.876. The van der Waals surface area contributed by atoms with Crippen LogP contribution in [-0.4, -0.2) is 37.0 Å². The Balaban J connectivity index is 2.00. The molecule has 4 heteroatoms. The van der Waals surface area contributed by atoms with Gasteiger partial charge in [-0.1, -0.05) is 11.6 Å². The van der Waals surface area contributed by atoms with Gasteiger partial charge in [0.05, 0.1) is 5.37 Å². The first-order valence-electron chi connectivity index (χ1n) is 5.50. The molecule has 1 N–H and O–H groups in total. The van der Waals surface area contributed by atoms with E-state index in [-0.39, 0.29) is 0 Å². The predicted octanol–water partition coefficient (Wildman–Crippen LogP) is 2.60. The van der Waals surface area contributed by atoms with Crippen molar-refractivity contribution < 1.29 is 0 Å². The van der Waals surface area contributed by atoms with Crippen LogP contribution in [0.2, 0.25) is 5.02 Å². The highest BCUT2D eigenvalue weighted by molar-refractivity contribution is 8.00. The molecule has 2 rings (SSSR count). The second kappa shape index (κ2) is 5.41. The maximum absolute atomic E-state index is 6.01. The molecule has 1 aliphatic rings. The van der Waals surface area contributed by atoms with E-state index in [1.165, 1.54) is 4.90 Å². The average molecular weight is 257 g/mol. The van der Waals surface area contributed by atoms with Gasteiger partial charge in [-0.2, -0.15) is 0 Å². The summed E-state index contributed by atoms with van der Waals surface area (Å²) in [4.78, 5) is 3.64. The lowest BCUT2D eigenvalue weighted by Crippen LogP contribution is -2.47. The van der Waals surface area contributed by atoms with Gasteiger partial charge in [0.2, 0.25) is 0 Å². The number of benzene rings is 1. The van der Waals surface area contributed by atoms with Gasteiger partial charge in [-0.25, -0.2) is 0 Å². The van der Waals surface area contributed by atoms with E-state index >= 15 is 0 Å². The minimum absolute atomic E-state index is 0.485. The van der Waals surface area contributed by atoms with Crippen LogP contribution in [0, 0.1) is 6.92 Å². The lowest BCUT2D eigenvalue weighted by atomic mass is 10.2. The van der Waals surface area contributed by atoms with E-state index < -0.39 is 0 Å². The third-order valence-electron chi connectivity index (χ3n) is 2.75. The van der Waals surface area contributed by atoms with E-state index in [1.807, 2.05) is 24.8 Å². The average Bonchev–Trinajstić information content (AvgIpc) is 2.24. The van der Waals surface area contributed by atoms with Crippen LogP contribution in [0.1, 0.15) is 5.56 Å². The van der Waals surface area contributed by atoms with Crippen molar-refractivity contribution in [2.24, 2.45) is 0 Å². The Morgan fingerprint density at radius 2 is 2.31 bits per heavy atom. The largest absolute Gasteiger partial charge is 0.303 e. The van der Waals surface area contributed by atoms with Crippen LogP contribution in [0.3, 0.4) is 0 Å². The number of halogens is 1. The van der Waals surface area contributed by atoms with Crippen molar-refractivity contribution in [3.05, 3.63) is 28.8 Å². The molecule has 2 nitrogen and oxygen atoms in total. The van der Waals surface area contributed by atoms with E-state index in [4.69, 9.17) is 11.6 Å². The van der Waals surface area contributed by atoms with Gasteiger partial charge < -0.3 is 10.2 Å². The minimum atomic E-state index is 0.485. The summed E-state index contributed by atoms with van der Waals surface area (Å²) >= 11 is 7.89. The first-order valence-corrected chi connectivity index (χ1v) is 6.75. The topological polar surface area (TPSA) is 15.3 Å². The second-order valence-electron chi connectivity index (χ2n) is 4.23. The summed E-state index contributed by atoms with van der Waals surface area (Å²) in [5.41, 5.74) is 1.15. The lowest BCUT2D eigenvalue weighted by Gasteiger charge is -2.30. The SMILES string of the molecule is Cc1cc(SC2CN(C)CCN2)ccc1Cl. The molecular formula is C12H17ClN2S. The van der Waals surface area contributed by atoms with Gasteiger partial charge in [0.1, 0.15) is 0 Å². The van der Waals surface area contributed by atoms with Crippen molar-refractivity contribution >= 4 is 23.4 Å². The summed E-state index contributed by atoms with van der Waals surface area (Å²) in [6.07, 6.45) is 0. The van der Waals surface area contributed by atoms with Crippen LogP contribution in [0.5, 0.6) is 0 Å². The van der Waals surface area contributed by atoms with Crippen molar-refractivity contribution in [2.75, 3.05) is 26.7 Å². The lowest BCUT2D eigenvalue weighted by molar-refractivity contribution is 0.278. The van der Waals surface area contributed by atoms with Gasteiger partial charge >= 0.3 is 0 Å². The summed E-state index contributed by atoms with van der Waals surface area (Å²) < 4.78 is 0. The van der Waals surface area contributed by atoms with Crippen LogP contribution in [0.25, 0.3) is 0 Å². The van der Waals surface area contributed by atoms with E-state index in [2.05, 4.69) is 29.4 Å². The number of rotatable bonds is 2. The summed E-state index contributed by atoms with van der Waals surface area (Å²) in [7, 11) is 2.17. The number of nitrogens with zero attached hydrogens (tertiary/aromatic N) is 1. The number of likely N-dealkylation sites (N-methyl/N-ethyl adjacent to an activating group) is 1. The maximum Gasteiger partial charge on any atom is 0.0708 e. The van der Waals surface area contributed by atoms with E-state index in [0.717, 1.165) is 30.2 Å². The molecule has 1 aromatic rings. The molecular weight excluding hydrogens is 240 g/mol. The van der Waals surface area contributed by atoms with E-state index in [9.17, 15) is 0 Å². The summed E-state index contributed by atoms with van der Waals surface area (Å²) in [6.45, 7) is 5.34. The highest BCUT2D eigenvalue weighted by Gasteiger charge is 2.17. The molecule has 0 radical (unpaired) electrons. The number of hydrogen-bond donors (Lipinski definition) is 1. The molecule has 1 fully saturated rings. The zero-order valence-electron chi connectivity index (χ0n) is 9.66. The molecule has 1 atom stereocenters. The summed E-state index contributed by atoms with van der Waals surface area (Å²) in [5, 5.41) is 4.85. The van der Waals surface area contributed by atoms with Crippen molar-refractivity contribution in [3.63, 3.8) is 0 Å². The fourth-order valence-corrected chi connectivity index (χ4v) is 3.16. The van der Waals surface area contributed by atoms with Crippen molar-refractivity contribution in [3.8, 4) is 0 Å². The molecule has 0 bridgehead atoms. The standard InChI is InChI=1S/C12H17ClN2S/c1-9-7-10(3-4-11(9)13)16-12-8-15(2)6-5-14-12/h3-4,7,12,14H,5-6,8H2,1-2H3. The number of aryl methyl sites for hydroxylation is 1. The monoisotopic (exact) mass is 256 g/mol. The second-order valence-corrected chi connectivity index (χ2v) is 5.92. The number of nitrogens with one attached hydrogen (secondary N) is 1. The van der Waals surface area contributed by atoms with Gasteiger partial charge in [-0.05, 0) is 37.7 Å². The van der Waals surface area contributed by atoms with Gasteiger partial charge in [-0.3, -0.25) is 0 Å². The molecule has 0 spiro atoms. The van der Waals surface area contributed by atoms with Crippen molar-refractivity contribution in [2.45, 2.75) is 17.2 Å². The fraction of sp³-hybridized carbons (Fsp3) is 0.500. The number of piperazine rings is 1. The van der Waals surface area contributed by atoms with Crippen molar-refractivity contribution in [1.29, 1.82) is 0 Å². The molecule has 88 valence electrons. The van der Waals surface area contributed by atoms with Crippen LogP contribution >= 0.6 is 23.4 Å². The number of thioether (sulfide) groups is 1. The van der Waals surface area contributed by atoms with Gasteiger partial charge in [-0.15, -0.1) is 11.8 Å². The molecule has 1 aromatic carbocycles. The van der Waals surface area contributed by atoms with Crippen molar-refractivity contribution in [1.82, 2.24) is 10.2 Å². The maximum atomic E-state index is 6.01. The third kappa shape index (κ3) is 3.14. The van der Waals surface area contributed by atoms with Crippen LogP contribution < -0.4 is 5.32 Å². The van der Waals surface area contributed by atoms with E-state index in [0.29, 0.717) is 5.37 Å². The Morgan fingerprint density at radius 1 is 1.50 bits per heavy atom. The Kier molecular flexibility index (Phi) is 4.14. The molecule has 0 saturated carbocycles.